The van der Waals surface area contributed by atoms with Crippen LogP contribution in [0.1, 0.15) is 26.2 Å². The van der Waals surface area contributed by atoms with Crippen molar-refractivity contribution in [2.45, 2.75) is 38.3 Å². The van der Waals surface area contributed by atoms with Crippen molar-refractivity contribution in [1.82, 2.24) is 14.5 Å². The number of imidazole rings is 1. The van der Waals surface area contributed by atoms with Gasteiger partial charge in [0.1, 0.15) is 0 Å². The van der Waals surface area contributed by atoms with Crippen LogP contribution in [0.3, 0.4) is 0 Å². The molecule has 0 saturated carbocycles. The average molecular weight is 281 g/mol. The molecule has 2 rings (SSSR count). The van der Waals surface area contributed by atoms with Gasteiger partial charge in [0.25, 0.3) is 0 Å². The first-order valence-electron chi connectivity index (χ1n) is 7.53. The third kappa shape index (κ3) is 4.04. The van der Waals surface area contributed by atoms with Crippen molar-refractivity contribution in [2.75, 3.05) is 33.4 Å². The first-order valence-corrected chi connectivity index (χ1v) is 7.53. The molecule has 1 aromatic heterocycles. The Labute approximate surface area is 121 Å². The lowest BCUT2D eigenvalue weighted by molar-refractivity contribution is -0.0813. The maximum Gasteiger partial charge on any atom is 0.0945 e. The van der Waals surface area contributed by atoms with Gasteiger partial charge < -0.3 is 19.3 Å². The summed E-state index contributed by atoms with van der Waals surface area (Å²) in [5, 5.41) is 10.6. The molecule has 1 fully saturated rings. The molecule has 0 spiro atoms. The monoisotopic (exact) mass is 281 g/mol. The average Bonchev–Trinajstić information content (AvgIpc) is 2.94. The Balaban J connectivity index is 1.71. The van der Waals surface area contributed by atoms with Crippen molar-refractivity contribution >= 4 is 0 Å². The molecule has 0 radical (unpaired) electrons. The quantitative estimate of drug-likeness (QED) is 0.820. The Kier molecular flexibility index (Phi) is 5.57. The van der Waals surface area contributed by atoms with Gasteiger partial charge in [-0.1, -0.05) is 6.92 Å². The summed E-state index contributed by atoms with van der Waals surface area (Å²) in [5.74, 6) is 0.305. The Morgan fingerprint density at radius 3 is 2.95 bits per heavy atom. The Bertz CT molecular complexity index is 382. The van der Waals surface area contributed by atoms with Crippen LogP contribution in [0.4, 0.5) is 0 Å². The number of aliphatic hydroxyl groups is 1. The van der Waals surface area contributed by atoms with Gasteiger partial charge >= 0.3 is 0 Å². The summed E-state index contributed by atoms with van der Waals surface area (Å²) in [5.41, 5.74) is -0.545. The second-order valence-corrected chi connectivity index (χ2v) is 5.95. The van der Waals surface area contributed by atoms with Gasteiger partial charge in [0.15, 0.2) is 0 Å². The fraction of sp³-hybridized carbons (Fsp3) is 0.800. The number of aryl methyl sites for hydroxylation is 1. The molecule has 0 unspecified atom stereocenters. The van der Waals surface area contributed by atoms with E-state index >= 15 is 0 Å². The minimum absolute atomic E-state index is 0.305. The Morgan fingerprint density at radius 1 is 1.45 bits per heavy atom. The van der Waals surface area contributed by atoms with Crippen molar-refractivity contribution in [1.29, 1.82) is 0 Å². The summed E-state index contributed by atoms with van der Waals surface area (Å²) in [4.78, 5) is 6.51. The van der Waals surface area contributed by atoms with E-state index < -0.39 is 5.60 Å². The van der Waals surface area contributed by atoms with Gasteiger partial charge in [-0.25, -0.2) is 4.98 Å². The van der Waals surface area contributed by atoms with Gasteiger partial charge in [-0.05, 0) is 31.7 Å². The molecule has 2 heterocycles. The van der Waals surface area contributed by atoms with E-state index in [9.17, 15) is 5.11 Å². The van der Waals surface area contributed by atoms with Crippen LogP contribution in [-0.2, 0) is 11.3 Å². The highest BCUT2D eigenvalue weighted by atomic mass is 16.5. The van der Waals surface area contributed by atoms with Crippen molar-refractivity contribution < 1.29 is 9.84 Å². The summed E-state index contributed by atoms with van der Waals surface area (Å²) in [6, 6.07) is 0. The summed E-state index contributed by atoms with van der Waals surface area (Å²) in [7, 11) is 1.69. The molecule has 1 saturated heterocycles. The standard InChI is InChI=1S/C15H27N3O2/c1-14-12-17(7-3-8-18-10-6-16-13-18)9-4-15(14,19)5-11-20-2/h6,10,13-14,19H,3-5,7-9,11-12H2,1-2H3/t14-,15-/m1/s1. The van der Waals surface area contributed by atoms with Gasteiger partial charge in [0.2, 0.25) is 0 Å². The molecule has 0 aromatic carbocycles. The predicted octanol–water partition coefficient (Wildman–Crippen LogP) is 1.38. The fourth-order valence-electron chi connectivity index (χ4n) is 3.00. The number of rotatable bonds is 7. The first kappa shape index (κ1) is 15.5. The van der Waals surface area contributed by atoms with E-state index in [1.54, 1.807) is 7.11 Å². The highest BCUT2D eigenvalue weighted by molar-refractivity contribution is 4.91. The van der Waals surface area contributed by atoms with E-state index in [1.807, 2.05) is 18.7 Å². The smallest absolute Gasteiger partial charge is 0.0945 e. The van der Waals surface area contributed by atoms with Crippen LogP contribution in [0.2, 0.25) is 0 Å². The zero-order valence-corrected chi connectivity index (χ0v) is 12.7. The summed E-state index contributed by atoms with van der Waals surface area (Å²) >= 11 is 0. The highest BCUT2D eigenvalue weighted by Gasteiger charge is 2.38. The lowest BCUT2D eigenvalue weighted by Crippen LogP contribution is -2.51. The van der Waals surface area contributed by atoms with E-state index in [-0.39, 0.29) is 0 Å². The molecule has 0 amide bonds. The molecule has 20 heavy (non-hydrogen) atoms. The van der Waals surface area contributed by atoms with E-state index in [4.69, 9.17) is 4.74 Å². The van der Waals surface area contributed by atoms with Crippen LogP contribution in [0.25, 0.3) is 0 Å². The summed E-state index contributed by atoms with van der Waals surface area (Å²) in [6.07, 6.45) is 8.40. The second-order valence-electron chi connectivity index (χ2n) is 5.95. The Hall–Kier alpha value is -0.910. The second kappa shape index (κ2) is 7.20. The zero-order chi connectivity index (χ0) is 14.4. The van der Waals surface area contributed by atoms with Crippen LogP contribution in [-0.4, -0.2) is 58.5 Å². The number of nitrogens with zero attached hydrogens (tertiary/aromatic N) is 3. The van der Waals surface area contributed by atoms with Gasteiger partial charge in [-0.2, -0.15) is 0 Å². The number of likely N-dealkylation sites (tertiary alicyclic amines) is 1. The van der Waals surface area contributed by atoms with Crippen LogP contribution >= 0.6 is 0 Å². The van der Waals surface area contributed by atoms with Crippen molar-refractivity contribution in [3.63, 3.8) is 0 Å². The van der Waals surface area contributed by atoms with Crippen molar-refractivity contribution in [3.8, 4) is 0 Å². The van der Waals surface area contributed by atoms with E-state index in [1.165, 1.54) is 0 Å². The Morgan fingerprint density at radius 2 is 2.30 bits per heavy atom. The maximum atomic E-state index is 10.6. The number of methoxy groups -OCH3 is 1. The molecule has 0 bridgehead atoms. The lowest BCUT2D eigenvalue weighted by atomic mass is 9.80. The molecular weight excluding hydrogens is 254 g/mol. The van der Waals surface area contributed by atoms with Gasteiger partial charge in [0.05, 0.1) is 11.9 Å². The lowest BCUT2D eigenvalue weighted by Gasteiger charge is -2.43. The number of piperidine rings is 1. The van der Waals surface area contributed by atoms with Crippen LogP contribution in [0, 0.1) is 5.92 Å². The third-order valence-electron chi connectivity index (χ3n) is 4.50. The number of hydrogen-bond acceptors (Lipinski definition) is 4. The molecule has 5 nitrogen and oxygen atoms in total. The molecular formula is C15H27N3O2. The molecule has 1 N–H and O–H groups in total. The van der Waals surface area contributed by atoms with E-state index in [0.29, 0.717) is 12.5 Å². The first-order chi connectivity index (χ1) is 9.64. The molecule has 114 valence electrons. The zero-order valence-electron chi connectivity index (χ0n) is 12.7. The number of hydrogen-bond donors (Lipinski definition) is 1. The third-order valence-corrected chi connectivity index (χ3v) is 4.50. The summed E-state index contributed by atoms with van der Waals surface area (Å²) in [6.45, 7) is 6.85. The maximum absolute atomic E-state index is 10.6. The summed E-state index contributed by atoms with van der Waals surface area (Å²) < 4.78 is 7.22. The molecule has 2 atom stereocenters. The SMILES string of the molecule is COCC[C@]1(O)CCN(CCCn2ccnc2)C[C@H]1C. The largest absolute Gasteiger partial charge is 0.389 e. The van der Waals surface area contributed by atoms with Gasteiger partial charge in [-0.3, -0.25) is 0 Å². The van der Waals surface area contributed by atoms with Crippen LogP contribution in [0.15, 0.2) is 18.7 Å². The number of ether oxygens (including phenoxy) is 1. The fourth-order valence-corrected chi connectivity index (χ4v) is 3.00. The molecule has 1 aliphatic rings. The minimum Gasteiger partial charge on any atom is -0.389 e. The normalized spacial score (nSPS) is 27.9. The topological polar surface area (TPSA) is 50.5 Å². The van der Waals surface area contributed by atoms with Crippen molar-refractivity contribution in [3.05, 3.63) is 18.7 Å². The molecule has 0 aliphatic carbocycles. The number of aromatic nitrogens is 2. The molecule has 1 aromatic rings. The van der Waals surface area contributed by atoms with Gasteiger partial charge in [-0.15, -0.1) is 0 Å². The van der Waals surface area contributed by atoms with E-state index in [0.717, 1.165) is 45.4 Å². The minimum atomic E-state index is -0.545. The van der Waals surface area contributed by atoms with Crippen LogP contribution < -0.4 is 0 Å². The molecule has 1 aliphatic heterocycles. The predicted molar refractivity (Wildman–Crippen MR) is 78.5 cm³/mol. The van der Waals surface area contributed by atoms with Gasteiger partial charge in [0, 0.05) is 45.7 Å². The van der Waals surface area contributed by atoms with E-state index in [2.05, 4.69) is 21.4 Å². The van der Waals surface area contributed by atoms with Crippen LogP contribution in [0.5, 0.6) is 0 Å². The highest BCUT2D eigenvalue weighted by Crippen LogP contribution is 2.30. The molecule has 5 heteroatoms. The van der Waals surface area contributed by atoms with Crippen molar-refractivity contribution in [2.24, 2.45) is 5.92 Å².